The molecule has 122 valence electrons. The van der Waals surface area contributed by atoms with E-state index in [2.05, 4.69) is 15.3 Å². The van der Waals surface area contributed by atoms with Gasteiger partial charge in [0.05, 0.1) is 0 Å². The van der Waals surface area contributed by atoms with E-state index in [9.17, 15) is 13.9 Å². The highest BCUT2D eigenvalue weighted by Crippen LogP contribution is 2.30. The van der Waals surface area contributed by atoms with Crippen LogP contribution in [0.2, 0.25) is 0 Å². The fourth-order valence-electron chi connectivity index (χ4n) is 2.47. The normalized spacial score (nSPS) is 12.1. The molecule has 3 aromatic rings. The standard InChI is InChI=1S/C17H14F2N4O/c1-21-14-6-5-10-12(8-22-17(10)23-14)16(24)11(7-20)9-3-2-4-13(18)15(9)19/h2-8,20,24H,1H3,(H2,21,22,23)/b16-11+,20-7?. The molecule has 1 aromatic carbocycles. The number of aliphatic hydroxyl groups excluding tert-OH is 1. The molecule has 7 heteroatoms. The maximum Gasteiger partial charge on any atom is 0.166 e. The zero-order valence-electron chi connectivity index (χ0n) is 12.7. The number of anilines is 1. The summed E-state index contributed by atoms with van der Waals surface area (Å²) in [5, 5.41) is 21.5. The topological polar surface area (TPSA) is 84.8 Å². The van der Waals surface area contributed by atoms with E-state index < -0.39 is 11.6 Å². The summed E-state index contributed by atoms with van der Waals surface area (Å²) in [6, 6.07) is 7.06. The van der Waals surface area contributed by atoms with Gasteiger partial charge >= 0.3 is 0 Å². The number of nitrogens with zero attached hydrogens (tertiary/aromatic N) is 1. The Morgan fingerprint density at radius 2 is 2.04 bits per heavy atom. The molecule has 0 bridgehead atoms. The fraction of sp³-hybridized carbons (Fsp3) is 0.0588. The van der Waals surface area contributed by atoms with Crippen LogP contribution in [-0.4, -0.2) is 28.3 Å². The molecular formula is C17H14F2N4O. The molecule has 5 nitrogen and oxygen atoms in total. The van der Waals surface area contributed by atoms with Crippen LogP contribution in [0.15, 0.2) is 36.5 Å². The Morgan fingerprint density at radius 3 is 2.75 bits per heavy atom. The van der Waals surface area contributed by atoms with Gasteiger partial charge in [0.2, 0.25) is 0 Å². The average molecular weight is 328 g/mol. The van der Waals surface area contributed by atoms with E-state index in [-0.39, 0.29) is 16.9 Å². The first-order chi connectivity index (χ1) is 11.6. The molecule has 4 N–H and O–H groups in total. The number of aromatic nitrogens is 2. The van der Waals surface area contributed by atoms with Crippen LogP contribution in [0.25, 0.3) is 22.4 Å². The third-order valence-corrected chi connectivity index (χ3v) is 3.69. The van der Waals surface area contributed by atoms with Gasteiger partial charge in [-0.3, -0.25) is 0 Å². The number of H-pyrrole nitrogens is 1. The lowest BCUT2D eigenvalue weighted by Crippen LogP contribution is -1.98. The van der Waals surface area contributed by atoms with Crippen LogP contribution in [0.5, 0.6) is 0 Å². The summed E-state index contributed by atoms with van der Waals surface area (Å²) < 4.78 is 27.4. The molecule has 3 rings (SSSR count). The van der Waals surface area contributed by atoms with Crippen molar-refractivity contribution in [2.75, 3.05) is 12.4 Å². The summed E-state index contributed by atoms with van der Waals surface area (Å²) >= 11 is 0. The van der Waals surface area contributed by atoms with E-state index in [1.54, 1.807) is 19.2 Å². The average Bonchev–Trinajstić information content (AvgIpc) is 3.02. The number of aliphatic hydroxyl groups is 1. The Labute approximate surface area is 136 Å². The molecule has 0 spiro atoms. The van der Waals surface area contributed by atoms with Gasteiger partial charge in [-0.1, -0.05) is 12.1 Å². The summed E-state index contributed by atoms with van der Waals surface area (Å²) in [5.41, 5.74) is 0.567. The Kier molecular flexibility index (Phi) is 3.99. The van der Waals surface area contributed by atoms with Crippen LogP contribution in [0.3, 0.4) is 0 Å². The SMILES string of the molecule is CNc1ccc2c(/C(O)=C(/C=N)c3cccc(F)c3F)c[nH]c2n1. The molecule has 0 amide bonds. The number of fused-ring (bicyclic) bond motifs is 1. The number of halogens is 2. The maximum atomic E-state index is 14.0. The van der Waals surface area contributed by atoms with E-state index in [1.807, 2.05) is 0 Å². The van der Waals surface area contributed by atoms with Gasteiger partial charge in [0.25, 0.3) is 0 Å². The largest absolute Gasteiger partial charge is 0.507 e. The van der Waals surface area contributed by atoms with Crippen molar-refractivity contribution in [2.45, 2.75) is 0 Å². The molecule has 0 fully saturated rings. The first-order valence-corrected chi connectivity index (χ1v) is 7.11. The zero-order valence-corrected chi connectivity index (χ0v) is 12.7. The molecule has 0 saturated carbocycles. The lowest BCUT2D eigenvalue weighted by molar-refractivity contribution is 0.503. The van der Waals surface area contributed by atoms with Gasteiger partial charge in [-0.05, 0) is 18.2 Å². The Hall–Kier alpha value is -3.22. The van der Waals surface area contributed by atoms with Gasteiger partial charge in [-0.25, -0.2) is 13.8 Å². The molecule has 2 aromatic heterocycles. The third kappa shape index (κ3) is 2.50. The zero-order chi connectivity index (χ0) is 17.3. The van der Waals surface area contributed by atoms with Crippen molar-refractivity contribution < 1.29 is 13.9 Å². The number of benzene rings is 1. The molecule has 0 unspecified atom stereocenters. The second kappa shape index (κ2) is 6.11. The van der Waals surface area contributed by atoms with Crippen LogP contribution >= 0.6 is 0 Å². The summed E-state index contributed by atoms with van der Waals surface area (Å²) in [6.07, 6.45) is 2.30. The number of hydrogen-bond acceptors (Lipinski definition) is 4. The fourth-order valence-corrected chi connectivity index (χ4v) is 2.47. The molecule has 0 aliphatic heterocycles. The summed E-state index contributed by atoms with van der Waals surface area (Å²) in [7, 11) is 1.73. The van der Waals surface area contributed by atoms with Crippen molar-refractivity contribution in [3.8, 4) is 0 Å². The quantitative estimate of drug-likeness (QED) is 0.432. The predicted octanol–water partition coefficient (Wildman–Crippen LogP) is 3.96. The predicted molar refractivity (Wildman–Crippen MR) is 90.2 cm³/mol. The van der Waals surface area contributed by atoms with Crippen LogP contribution in [-0.2, 0) is 0 Å². The summed E-state index contributed by atoms with van der Waals surface area (Å²) in [6.45, 7) is 0. The molecule has 0 aliphatic carbocycles. The van der Waals surface area contributed by atoms with E-state index >= 15 is 0 Å². The van der Waals surface area contributed by atoms with Crippen LogP contribution in [0.4, 0.5) is 14.6 Å². The van der Waals surface area contributed by atoms with E-state index in [0.29, 0.717) is 22.4 Å². The van der Waals surface area contributed by atoms with Gasteiger partial charge in [0.15, 0.2) is 11.6 Å². The molecule has 0 saturated heterocycles. The van der Waals surface area contributed by atoms with Crippen molar-refractivity contribution in [3.63, 3.8) is 0 Å². The lowest BCUT2D eigenvalue weighted by atomic mass is 10.0. The number of allylic oxidation sites excluding steroid dienone is 1. The second-order valence-corrected chi connectivity index (χ2v) is 5.05. The first kappa shape index (κ1) is 15.7. The number of nitrogens with one attached hydrogen (secondary N) is 3. The van der Waals surface area contributed by atoms with Gasteiger partial charge in [-0.2, -0.15) is 0 Å². The van der Waals surface area contributed by atoms with Crippen molar-refractivity contribution in [1.82, 2.24) is 9.97 Å². The van der Waals surface area contributed by atoms with Crippen LogP contribution < -0.4 is 5.32 Å². The monoisotopic (exact) mass is 328 g/mol. The Balaban J connectivity index is 2.21. The summed E-state index contributed by atoms with van der Waals surface area (Å²) in [4.78, 5) is 7.21. The number of pyridine rings is 1. The Bertz CT molecular complexity index is 962. The van der Waals surface area contributed by atoms with E-state index in [4.69, 9.17) is 5.41 Å². The molecule has 24 heavy (non-hydrogen) atoms. The van der Waals surface area contributed by atoms with Crippen molar-refractivity contribution >= 4 is 34.4 Å². The third-order valence-electron chi connectivity index (χ3n) is 3.69. The van der Waals surface area contributed by atoms with Gasteiger partial charge in [-0.15, -0.1) is 0 Å². The highest BCUT2D eigenvalue weighted by Gasteiger charge is 2.18. The van der Waals surface area contributed by atoms with E-state index in [1.165, 1.54) is 18.3 Å². The highest BCUT2D eigenvalue weighted by molar-refractivity contribution is 6.18. The Morgan fingerprint density at radius 1 is 1.25 bits per heavy atom. The molecule has 2 heterocycles. The molecule has 0 aliphatic rings. The highest BCUT2D eigenvalue weighted by atomic mass is 19.2. The number of hydrogen-bond donors (Lipinski definition) is 4. The van der Waals surface area contributed by atoms with Gasteiger partial charge < -0.3 is 20.8 Å². The van der Waals surface area contributed by atoms with Crippen LogP contribution in [0, 0.1) is 17.0 Å². The van der Waals surface area contributed by atoms with Crippen molar-refractivity contribution in [2.24, 2.45) is 0 Å². The first-order valence-electron chi connectivity index (χ1n) is 7.11. The minimum atomic E-state index is -1.11. The maximum absolute atomic E-state index is 14.0. The lowest BCUT2D eigenvalue weighted by Gasteiger charge is -2.08. The number of rotatable bonds is 4. The minimum absolute atomic E-state index is 0.120. The molecular weight excluding hydrogens is 314 g/mol. The molecule has 0 radical (unpaired) electrons. The second-order valence-electron chi connectivity index (χ2n) is 5.05. The van der Waals surface area contributed by atoms with Crippen molar-refractivity contribution in [3.05, 3.63) is 59.3 Å². The number of aromatic amines is 1. The molecule has 0 atom stereocenters. The van der Waals surface area contributed by atoms with Gasteiger partial charge in [0.1, 0.15) is 17.2 Å². The van der Waals surface area contributed by atoms with Crippen molar-refractivity contribution in [1.29, 1.82) is 5.41 Å². The summed E-state index contributed by atoms with van der Waals surface area (Å²) in [5.74, 6) is -1.85. The smallest absolute Gasteiger partial charge is 0.166 e. The van der Waals surface area contributed by atoms with E-state index in [0.717, 1.165) is 12.3 Å². The van der Waals surface area contributed by atoms with Gasteiger partial charge in [0, 0.05) is 41.5 Å². The van der Waals surface area contributed by atoms with Crippen LogP contribution in [0.1, 0.15) is 11.1 Å². The minimum Gasteiger partial charge on any atom is -0.507 e.